The van der Waals surface area contributed by atoms with Gasteiger partial charge in [0.2, 0.25) is 0 Å². The molecular formula is C15H15ClFN. The van der Waals surface area contributed by atoms with Crippen LogP contribution in [0.2, 0.25) is 5.02 Å². The van der Waals surface area contributed by atoms with Crippen molar-refractivity contribution in [3.63, 3.8) is 0 Å². The smallest absolute Gasteiger partial charge is 0.127 e. The van der Waals surface area contributed by atoms with Crippen LogP contribution in [0.1, 0.15) is 24.1 Å². The van der Waals surface area contributed by atoms with Gasteiger partial charge in [0.1, 0.15) is 5.82 Å². The first-order chi connectivity index (χ1) is 8.66. The van der Waals surface area contributed by atoms with Gasteiger partial charge in [0, 0.05) is 23.2 Å². The molecule has 0 bridgehead atoms. The Hall–Kier alpha value is -1.38. The standard InChI is InChI=1S/C15H15ClFN/c1-11(12-6-4-7-14(16)9-12)18-10-13-5-2-3-8-15(13)17/h2-9,11,18H,10H2,1H3/t11-/m1/s1. The third kappa shape index (κ3) is 3.31. The second kappa shape index (κ2) is 5.98. The number of hydrogen-bond acceptors (Lipinski definition) is 1. The first kappa shape index (κ1) is 13.1. The highest BCUT2D eigenvalue weighted by Crippen LogP contribution is 2.18. The average molecular weight is 264 g/mol. The lowest BCUT2D eigenvalue weighted by Gasteiger charge is -2.14. The lowest BCUT2D eigenvalue weighted by atomic mass is 10.1. The minimum atomic E-state index is -0.178. The minimum absolute atomic E-state index is 0.128. The van der Waals surface area contributed by atoms with E-state index < -0.39 is 0 Å². The van der Waals surface area contributed by atoms with Gasteiger partial charge in [-0.05, 0) is 30.7 Å². The molecule has 0 aliphatic carbocycles. The molecule has 1 N–H and O–H groups in total. The van der Waals surface area contributed by atoms with E-state index in [1.54, 1.807) is 12.1 Å². The Morgan fingerprint density at radius 1 is 1.17 bits per heavy atom. The lowest BCUT2D eigenvalue weighted by Crippen LogP contribution is -2.18. The van der Waals surface area contributed by atoms with Crippen molar-refractivity contribution in [2.75, 3.05) is 0 Å². The maximum atomic E-state index is 13.4. The van der Waals surface area contributed by atoms with E-state index in [4.69, 9.17) is 11.6 Å². The normalized spacial score (nSPS) is 12.4. The van der Waals surface area contributed by atoms with Crippen molar-refractivity contribution in [3.05, 3.63) is 70.5 Å². The van der Waals surface area contributed by atoms with E-state index in [2.05, 4.69) is 5.32 Å². The van der Waals surface area contributed by atoms with E-state index in [-0.39, 0.29) is 11.9 Å². The molecule has 0 aliphatic heterocycles. The molecule has 0 saturated carbocycles. The molecule has 2 aromatic carbocycles. The summed E-state index contributed by atoms with van der Waals surface area (Å²) in [5.41, 5.74) is 1.77. The highest BCUT2D eigenvalue weighted by Gasteiger charge is 2.06. The summed E-state index contributed by atoms with van der Waals surface area (Å²) in [4.78, 5) is 0. The van der Waals surface area contributed by atoms with E-state index in [1.165, 1.54) is 6.07 Å². The highest BCUT2D eigenvalue weighted by molar-refractivity contribution is 6.30. The van der Waals surface area contributed by atoms with E-state index >= 15 is 0 Å². The van der Waals surface area contributed by atoms with Crippen LogP contribution in [0.4, 0.5) is 4.39 Å². The summed E-state index contributed by atoms with van der Waals surface area (Å²) in [6.07, 6.45) is 0. The summed E-state index contributed by atoms with van der Waals surface area (Å²) < 4.78 is 13.4. The minimum Gasteiger partial charge on any atom is -0.306 e. The third-order valence-corrected chi connectivity index (χ3v) is 3.14. The first-order valence-electron chi connectivity index (χ1n) is 5.89. The molecule has 0 unspecified atom stereocenters. The van der Waals surface area contributed by atoms with Crippen LogP contribution in [0.25, 0.3) is 0 Å². The number of benzene rings is 2. The van der Waals surface area contributed by atoms with Crippen LogP contribution in [0, 0.1) is 5.82 Å². The van der Waals surface area contributed by atoms with Crippen molar-refractivity contribution in [3.8, 4) is 0 Å². The Labute approximate surface area is 112 Å². The molecule has 0 aliphatic rings. The molecule has 18 heavy (non-hydrogen) atoms. The molecule has 2 rings (SSSR count). The van der Waals surface area contributed by atoms with Crippen LogP contribution in [0.5, 0.6) is 0 Å². The predicted molar refractivity (Wildman–Crippen MR) is 73.1 cm³/mol. The van der Waals surface area contributed by atoms with Crippen molar-refractivity contribution in [2.45, 2.75) is 19.5 Å². The van der Waals surface area contributed by atoms with E-state index in [0.717, 1.165) is 5.56 Å². The molecule has 1 nitrogen and oxygen atoms in total. The monoisotopic (exact) mass is 263 g/mol. The maximum absolute atomic E-state index is 13.4. The van der Waals surface area contributed by atoms with Gasteiger partial charge in [-0.25, -0.2) is 4.39 Å². The van der Waals surface area contributed by atoms with E-state index in [9.17, 15) is 4.39 Å². The summed E-state index contributed by atoms with van der Waals surface area (Å²) in [7, 11) is 0. The Bertz CT molecular complexity index is 527. The second-order valence-corrected chi connectivity index (χ2v) is 4.69. The summed E-state index contributed by atoms with van der Waals surface area (Å²) in [6, 6.07) is 14.6. The predicted octanol–water partition coefficient (Wildman–Crippen LogP) is 4.33. The SMILES string of the molecule is C[C@@H](NCc1ccccc1F)c1cccc(Cl)c1. The zero-order valence-electron chi connectivity index (χ0n) is 10.2. The van der Waals surface area contributed by atoms with E-state index in [1.807, 2.05) is 37.3 Å². The van der Waals surface area contributed by atoms with Gasteiger partial charge < -0.3 is 5.32 Å². The fourth-order valence-electron chi connectivity index (χ4n) is 1.80. The summed E-state index contributed by atoms with van der Waals surface area (Å²) in [5.74, 6) is -0.178. The summed E-state index contributed by atoms with van der Waals surface area (Å²) in [5, 5.41) is 4.00. The third-order valence-electron chi connectivity index (χ3n) is 2.91. The molecule has 0 saturated heterocycles. The number of rotatable bonds is 4. The first-order valence-corrected chi connectivity index (χ1v) is 6.27. The molecule has 0 amide bonds. The van der Waals surface area contributed by atoms with Crippen LogP contribution in [-0.4, -0.2) is 0 Å². The molecule has 0 spiro atoms. The molecule has 3 heteroatoms. The average Bonchev–Trinajstić information content (AvgIpc) is 2.37. The largest absolute Gasteiger partial charge is 0.306 e. The van der Waals surface area contributed by atoms with Crippen LogP contribution < -0.4 is 5.32 Å². The van der Waals surface area contributed by atoms with Gasteiger partial charge >= 0.3 is 0 Å². The Morgan fingerprint density at radius 2 is 1.94 bits per heavy atom. The molecule has 0 radical (unpaired) electrons. The van der Waals surface area contributed by atoms with Crippen molar-refractivity contribution in [1.82, 2.24) is 5.32 Å². The summed E-state index contributed by atoms with van der Waals surface area (Å²) >= 11 is 5.94. The number of nitrogens with one attached hydrogen (secondary N) is 1. The topological polar surface area (TPSA) is 12.0 Å². The molecular weight excluding hydrogens is 249 g/mol. The number of hydrogen-bond donors (Lipinski definition) is 1. The molecule has 0 fully saturated rings. The van der Waals surface area contributed by atoms with Gasteiger partial charge in [0.15, 0.2) is 0 Å². The van der Waals surface area contributed by atoms with Crippen molar-refractivity contribution >= 4 is 11.6 Å². The molecule has 0 heterocycles. The Balaban J connectivity index is 2.00. The zero-order valence-corrected chi connectivity index (χ0v) is 10.9. The summed E-state index contributed by atoms with van der Waals surface area (Å²) in [6.45, 7) is 2.53. The van der Waals surface area contributed by atoms with Gasteiger partial charge in [0.25, 0.3) is 0 Å². The van der Waals surface area contributed by atoms with Gasteiger partial charge in [0.05, 0.1) is 0 Å². The Kier molecular flexibility index (Phi) is 4.34. The second-order valence-electron chi connectivity index (χ2n) is 4.25. The molecule has 1 atom stereocenters. The van der Waals surface area contributed by atoms with Crippen LogP contribution in [0.3, 0.4) is 0 Å². The number of halogens is 2. The van der Waals surface area contributed by atoms with E-state index in [0.29, 0.717) is 17.1 Å². The fourth-order valence-corrected chi connectivity index (χ4v) is 2.00. The van der Waals surface area contributed by atoms with Crippen molar-refractivity contribution in [1.29, 1.82) is 0 Å². The van der Waals surface area contributed by atoms with Crippen LogP contribution >= 0.6 is 11.6 Å². The van der Waals surface area contributed by atoms with Crippen LogP contribution in [0.15, 0.2) is 48.5 Å². The van der Waals surface area contributed by atoms with Gasteiger partial charge in [-0.15, -0.1) is 0 Å². The molecule has 2 aromatic rings. The van der Waals surface area contributed by atoms with Gasteiger partial charge in [-0.1, -0.05) is 41.9 Å². The fraction of sp³-hybridized carbons (Fsp3) is 0.200. The zero-order chi connectivity index (χ0) is 13.0. The van der Waals surface area contributed by atoms with Crippen molar-refractivity contribution in [2.24, 2.45) is 0 Å². The maximum Gasteiger partial charge on any atom is 0.127 e. The van der Waals surface area contributed by atoms with Crippen LogP contribution in [-0.2, 0) is 6.54 Å². The van der Waals surface area contributed by atoms with Gasteiger partial charge in [-0.2, -0.15) is 0 Å². The molecule has 94 valence electrons. The Morgan fingerprint density at radius 3 is 2.67 bits per heavy atom. The highest BCUT2D eigenvalue weighted by atomic mass is 35.5. The quantitative estimate of drug-likeness (QED) is 0.866. The molecule has 0 aromatic heterocycles. The van der Waals surface area contributed by atoms with Gasteiger partial charge in [-0.3, -0.25) is 0 Å². The van der Waals surface area contributed by atoms with Crippen molar-refractivity contribution < 1.29 is 4.39 Å². The lowest BCUT2D eigenvalue weighted by molar-refractivity contribution is 0.544.